The maximum Gasteiger partial charge on any atom is 0.0774 e. The van der Waals surface area contributed by atoms with E-state index in [-0.39, 0.29) is 0 Å². The van der Waals surface area contributed by atoms with Crippen LogP contribution in [0.1, 0.15) is 6.42 Å². The lowest BCUT2D eigenvalue weighted by atomic mass is 10.4. The molecule has 0 heterocycles. The summed E-state index contributed by atoms with van der Waals surface area (Å²) in [6, 6.07) is 0. The van der Waals surface area contributed by atoms with Crippen LogP contribution in [0.25, 0.3) is 0 Å². The van der Waals surface area contributed by atoms with Crippen molar-refractivity contribution < 1.29 is 9.84 Å². The number of aliphatic hydroxyl groups excluding tert-OH is 1. The Morgan fingerprint density at radius 3 is 2.62 bits per heavy atom. The second kappa shape index (κ2) is 5.06. The van der Waals surface area contributed by atoms with E-state index in [1.54, 1.807) is 0 Å². The minimum atomic E-state index is -0.596. The van der Waals surface area contributed by atoms with E-state index in [2.05, 4.69) is 13.8 Å². The number of hydrogen-bond acceptors (Lipinski definition) is 2. The lowest BCUT2D eigenvalue weighted by Gasteiger charge is -2.02. The van der Waals surface area contributed by atoms with Crippen molar-refractivity contribution in [1.82, 2.24) is 0 Å². The van der Waals surface area contributed by atoms with Crippen LogP contribution in [0.4, 0.5) is 0 Å². The van der Waals surface area contributed by atoms with E-state index in [4.69, 9.17) is 9.84 Å². The molecule has 1 N–H and O–H groups in total. The fourth-order valence-electron chi connectivity index (χ4n) is 0.321. The molecule has 1 atom stereocenters. The van der Waals surface area contributed by atoms with Crippen LogP contribution in [0.5, 0.6) is 0 Å². The molecule has 0 aromatic rings. The van der Waals surface area contributed by atoms with Crippen molar-refractivity contribution >= 4 is 0 Å². The molecular weight excluding hydrogens is 104 g/mol. The topological polar surface area (TPSA) is 29.5 Å². The minimum Gasteiger partial charge on any atom is -0.391 e. The molecule has 0 aliphatic carbocycles. The Bertz CT molecular complexity index is 43.8. The maximum absolute atomic E-state index is 8.52. The van der Waals surface area contributed by atoms with Crippen molar-refractivity contribution in [2.45, 2.75) is 12.5 Å². The first-order chi connectivity index (χ1) is 3.77. The molecule has 0 saturated heterocycles. The Hall–Kier alpha value is -0.0800. The molecule has 8 heavy (non-hydrogen) atoms. The molecule has 2 nitrogen and oxygen atoms in total. The van der Waals surface area contributed by atoms with Gasteiger partial charge in [-0.1, -0.05) is 6.92 Å². The van der Waals surface area contributed by atoms with Gasteiger partial charge in [-0.05, 0) is 13.3 Å². The maximum atomic E-state index is 8.52. The Morgan fingerprint density at radius 2 is 2.25 bits per heavy atom. The predicted octanol–water partition coefficient (Wildman–Crippen LogP) is 0.422. The third-order valence-electron chi connectivity index (χ3n) is 0.599. The van der Waals surface area contributed by atoms with Gasteiger partial charge in [-0.15, -0.1) is 0 Å². The highest BCUT2D eigenvalue weighted by atomic mass is 16.5. The molecule has 0 fully saturated rings. The average Bonchev–Trinajstić information content (AvgIpc) is 1.66. The lowest BCUT2D eigenvalue weighted by molar-refractivity contribution is 0.0606. The molecule has 2 radical (unpaired) electrons. The fraction of sp³-hybridized carbons (Fsp3) is 0.667. The van der Waals surface area contributed by atoms with E-state index in [9.17, 15) is 0 Å². The summed E-state index contributed by atoms with van der Waals surface area (Å²) in [4.78, 5) is 0. The van der Waals surface area contributed by atoms with Gasteiger partial charge >= 0.3 is 0 Å². The first-order valence-corrected chi connectivity index (χ1v) is 2.65. The number of aliphatic hydroxyl groups is 1. The third-order valence-corrected chi connectivity index (χ3v) is 0.599. The molecule has 0 aromatic carbocycles. The second-order valence-corrected chi connectivity index (χ2v) is 1.58. The summed E-state index contributed by atoms with van der Waals surface area (Å²) in [7, 11) is 0. The molecule has 0 spiro atoms. The summed E-state index contributed by atoms with van der Waals surface area (Å²) in [5.41, 5.74) is 0. The van der Waals surface area contributed by atoms with Crippen LogP contribution in [0, 0.1) is 13.8 Å². The zero-order chi connectivity index (χ0) is 6.41. The predicted molar refractivity (Wildman–Crippen MR) is 32.2 cm³/mol. The molecule has 0 saturated carbocycles. The molecule has 48 valence electrons. The Labute approximate surface area is 50.5 Å². The van der Waals surface area contributed by atoms with Crippen LogP contribution >= 0.6 is 0 Å². The summed E-state index contributed by atoms with van der Waals surface area (Å²) in [6.45, 7) is 7.79. The fourth-order valence-corrected chi connectivity index (χ4v) is 0.321. The smallest absolute Gasteiger partial charge is 0.0774 e. The minimum absolute atomic E-state index is 0.315. The number of ether oxygens (including phenoxy) is 1. The van der Waals surface area contributed by atoms with Gasteiger partial charge in [-0.2, -0.15) is 0 Å². The standard InChI is InChI=1S/C6H12O2/c1-3-4-8-5-6(2)7/h6-7H,1-5H2. The quantitative estimate of drug-likeness (QED) is 0.539. The van der Waals surface area contributed by atoms with Crippen molar-refractivity contribution in [2.75, 3.05) is 13.2 Å². The van der Waals surface area contributed by atoms with E-state index >= 15 is 0 Å². The van der Waals surface area contributed by atoms with E-state index in [0.29, 0.717) is 13.2 Å². The van der Waals surface area contributed by atoms with E-state index < -0.39 is 6.10 Å². The van der Waals surface area contributed by atoms with Gasteiger partial charge in [0.2, 0.25) is 0 Å². The van der Waals surface area contributed by atoms with Gasteiger partial charge < -0.3 is 9.84 Å². The number of rotatable bonds is 4. The van der Waals surface area contributed by atoms with Gasteiger partial charge in [-0.3, -0.25) is 0 Å². The molecule has 2 heteroatoms. The highest BCUT2D eigenvalue weighted by Crippen LogP contribution is 1.83. The molecular formula is C6H12O2. The van der Waals surface area contributed by atoms with E-state index in [0.717, 1.165) is 6.42 Å². The molecule has 0 amide bonds. The monoisotopic (exact) mass is 116 g/mol. The van der Waals surface area contributed by atoms with Crippen LogP contribution in [-0.4, -0.2) is 24.4 Å². The largest absolute Gasteiger partial charge is 0.391 e. The van der Waals surface area contributed by atoms with Crippen molar-refractivity contribution in [3.63, 3.8) is 0 Å². The van der Waals surface area contributed by atoms with Crippen LogP contribution in [0.3, 0.4) is 0 Å². The molecule has 0 bridgehead atoms. The third kappa shape index (κ3) is 5.92. The van der Waals surface area contributed by atoms with Crippen molar-refractivity contribution in [3.05, 3.63) is 13.8 Å². The zero-order valence-corrected chi connectivity index (χ0v) is 4.97. The number of hydrogen-bond donors (Lipinski definition) is 1. The molecule has 0 aliphatic heterocycles. The van der Waals surface area contributed by atoms with Gasteiger partial charge in [0.05, 0.1) is 12.7 Å². The van der Waals surface area contributed by atoms with Gasteiger partial charge in [0.25, 0.3) is 0 Å². The van der Waals surface area contributed by atoms with E-state index in [1.807, 2.05) is 0 Å². The van der Waals surface area contributed by atoms with Crippen molar-refractivity contribution in [2.24, 2.45) is 0 Å². The Kier molecular flexibility index (Phi) is 5.01. The second-order valence-electron chi connectivity index (χ2n) is 1.58. The van der Waals surface area contributed by atoms with Crippen LogP contribution < -0.4 is 0 Å². The summed E-state index contributed by atoms with van der Waals surface area (Å²) >= 11 is 0. The summed E-state index contributed by atoms with van der Waals surface area (Å²) in [6.07, 6.45) is 0.147. The molecule has 0 aromatic heterocycles. The highest BCUT2D eigenvalue weighted by Gasteiger charge is 1.91. The van der Waals surface area contributed by atoms with Gasteiger partial charge in [0.1, 0.15) is 0 Å². The van der Waals surface area contributed by atoms with Gasteiger partial charge in [0.15, 0.2) is 0 Å². The summed E-state index contributed by atoms with van der Waals surface area (Å²) < 4.78 is 4.87. The molecule has 1 unspecified atom stereocenters. The van der Waals surface area contributed by atoms with E-state index in [1.165, 1.54) is 0 Å². The normalized spacial score (nSPS) is 13.9. The first kappa shape index (κ1) is 7.92. The Balaban J connectivity index is 2.72. The van der Waals surface area contributed by atoms with Crippen LogP contribution in [0.2, 0.25) is 0 Å². The molecule has 0 aliphatic rings. The average molecular weight is 116 g/mol. The van der Waals surface area contributed by atoms with Gasteiger partial charge in [-0.25, -0.2) is 0 Å². The van der Waals surface area contributed by atoms with Crippen LogP contribution in [0.15, 0.2) is 0 Å². The molecule has 0 rings (SSSR count). The van der Waals surface area contributed by atoms with Crippen LogP contribution in [-0.2, 0) is 4.74 Å². The SMILES string of the molecule is [CH2]CCOCC([CH2])O. The van der Waals surface area contributed by atoms with Crippen molar-refractivity contribution in [3.8, 4) is 0 Å². The zero-order valence-electron chi connectivity index (χ0n) is 4.97. The Morgan fingerprint density at radius 1 is 1.62 bits per heavy atom. The highest BCUT2D eigenvalue weighted by molar-refractivity contribution is 4.53. The first-order valence-electron chi connectivity index (χ1n) is 2.65. The van der Waals surface area contributed by atoms with Gasteiger partial charge in [0, 0.05) is 6.61 Å². The lowest BCUT2D eigenvalue weighted by Crippen LogP contribution is -2.10. The summed E-state index contributed by atoms with van der Waals surface area (Å²) in [5.74, 6) is 0. The summed E-state index contributed by atoms with van der Waals surface area (Å²) in [5, 5.41) is 8.52. The van der Waals surface area contributed by atoms with Crippen molar-refractivity contribution in [1.29, 1.82) is 0 Å².